The van der Waals surface area contributed by atoms with Gasteiger partial charge in [0.05, 0.1) is 0 Å². The number of hydrogen-bond acceptors (Lipinski definition) is 3. The van der Waals surface area contributed by atoms with Gasteiger partial charge >= 0.3 is 0 Å². The summed E-state index contributed by atoms with van der Waals surface area (Å²) in [5.41, 5.74) is 2.00. The van der Waals surface area contributed by atoms with Crippen molar-refractivity contribution >= 4 is 28.1 Å². The molecule has 0 bridgehead atoms. The number of benzene rings is 4. The van der Waals surface area contributed by atoms with E-state index >= 15 is 0 Å². The Morgan fingerprint density at radius 3 is 1.93 bits per heavy atom. The van der Waals surface area contributed by atoms with Gasteiger partial charge in [-0.25, -0.2) is 0 Å². The summed E-state index contributed by atoms with van der Waals surface area (Å²) in [6.45, 7) is 0. The Balaban J connectivity index is 1.74. The first-order valence-electron chi connectivity index (χ1n) is 9.01. The molecule has 0 radical (unpaired) electrons. The van der Waals surface area contributed by atoms with Gasteiger partial charge in [-0.3, -0.25) is 14.4 Å². The Kier molecular flexibility index (Phi) is 3.56. The Morgan fingerprint density at radius 2 is 1.11 bits per heavy atom. The monoisotopic (exact) mass is 362 g/mol. The van der Waals surface area contributed by atoms with Gasteiger partial charge in [-0.2, -0.15) is 0 Å². The first-order valence-corrected chi connectivity index (χ1v) is 9.01. The van der Waals surface area contributed by atoms with E-state index in [2.05, 4.69) is 0 Å². The molecule has 0 N–H and O–H groups in total. The van der Waals surface area contributed by atoms with E-state index in [0.717, 1.165) is 10.8 Å². The van der Waals surface area contributed by atoms with Crippen LogP contribution in [0.15, 0.2) is 84.9 Å². The summed E-state index contributed by atoms with van der Waals surface area (Å²) in [5.74, 6) is -0.763. The van der Waals surface area contributed by atoms with Gasteiger partial charge in [0.25, 0.3) is 0 Å². The van der Waals surface area contributed by atoms with Gasteiger partial charge in [-0.05, 0) is 10.8 Å². The molecule has 0 spiro atoms. The van der Waals surface area contributed by atoms with E-state index in [1.807, 2.05) is 36.4 Å². The lowest BCUT2D eigenvalue weighted by Gasteiger charge is -2.19. The lowest BCUT2D eigenvalue weighted by molar-refractivity contribution is 0.0971. The highest BCUT2D eigenvalue weighted by Gasteiger charge is 2.33. The number of hydrogen-bond donors (Lipinski definition) is 0. The normalized spacial score (nSPS) is 12.6. The molecule has 4 aromatic carbocycles. The summed E-state index contributed by atoms with van der Waals surface area (Å²) >= 11 is 0. The van der Waals surface area contributed by atoms with Gasteiger partial charge in [0.2, 0.25) is 0 Å². The van der Waals surface area contributed by atoms with Gasteiger partial charge in [0.1, 0.15) is 0 Å². The summed E-state index contributed by atoms with van der Waals surface area (Å²) in [6, 6.07) is 24.8. The van der Waals surface area contributed by atoms with E-state index in [-0.39, 0.29) is 34.0 Å². The van der Waals surface area contributed by atoms with Crippen molar-refractivity contribution < 1.29 is 14.4 Å². The lowest BCUT2D eigenvalue weighted by atomic mass is 9.80. The van der Waals surface area contributed by atoms with Crippen LogP contribution in [0.1, 0.15) is 47.8 Å². The van der Waals surface area contributed by atoms with E-state index < -0.39 is 0 Å². The number of ketones is 3. The van der Waals surface area contributed by atoms with Gasteiger partial charge in [0.15, 0.2) is 17.3 Å². The molecule has 0 aromatic heterocycles. The van der Waals surface area contributed by atoms with Gasteiger partial charge in [-0.1, -0.05) is 84.9 Å². The van der Waals surface area contributed by atoms with Crippen LogP contribution in [0, 0.1) is 0 Å². The number of rotatable bonds is 2. The summed E-state index contributed by atoms with van der Waals surface area (Å²) < 4.78 is 0. The number of fused-ring (bicyclic) bond motifs is 3. The Bertz CT molecular complexity index is 1310. The molecule has 5 rings (SSSR count). The van der Waals surface area contributed by atoms with Crippen LogP contribution in [-0.2, 0) is 0 Å². The van der Waals surface area contributed by atoms with Crippen LogP contribution in [0.5, 0.6) is 0 Å². The number of carbonyl (C=O) groups is 3. The van der Waals surface area contributed by atoms with Gasteiger partial charge in [0, 0.05) is 33.4 Å². The highest BCUT2D eigenvalue weighted by atomic mass is 16.1. The average molecular weight is 362 g/mol. The fourth-order valence-electron chi connectivity index (χ4n) is 3.90. The maximum Gasteiger partial charge on any atom is 0.195 e. The van der Waals surface area contributed by atoms with Crippen LogP contribution in [0.2, 0.25) is 0 Å². The lowest BCUT2D eigenvalue weighted by Crippen LogP contribution is -2.24. The molecule has 28 heavy (non-hydrogen) atoms. The van der Waals surface area contributed by atoms with Gasteiger partial charge in [-0.15, -0.1) is 0 Å². The van der Waals surface area contributed by atoms with Crippen molar-refractivity contribution in [3.05, 3.63) is 118 Å². The predicted octanol–water partition coefficient (Wildman–Crippen LogP) is 4.85. The molecular formula is C25H14O3. The van der Waals surface area contributed by atoms with Crippen LogP contribution in [0.3, 0.4) is 0 Å². The molecule has 0 aliphatic heterocycles. The van der Waals surface area contributed by atoms with E-state index in [9.17, 15) is 14.4 Å². The van der Waals surface area contributed by atoms with E-state index in [1.54, 1.807) is 48.5 Å². The zero-order valence-corrected chi connectivity index (χ0v) is 14.8. The maximum atomic E-state index is 13.4. The molecule has 0 fully saturated rings. The third-order valence-electron chi connectivity index (χ3n) is 5.23. The summed E-state index contributed by atoms with van der Waals surface area (Å²) in [5, 5.41) is 1.77. The maximum absolute atomic E-state index is 13.4. The zero-order valence-electron chi connectivity index (χ0n) is 14.8. The second-order valence-corrected chi connectivity index (χ2v) is 6.79. The molecule has 132 valence electrons. The molecule has 4 aromatic rings. The summed E-state index contributed by atoms with van der Waals surface area (Å²) in [6.07, 6.45) is 0. The first kappa shape index (κ1) is 16.3. The number of carbonyl (C=O) groups excluding carboxylic acids is 3. The highest BCUT2D eigenvalue weighted by molar-refractivity contribution is 6.32. The largest absolute Gasteiger partial charge is 0.289 e. The minimum Gasteiger partial charge on any atom is -0.289 e. The second kappa shape index (κ2) is 6.10. The Morgan fingerprint density at radius 1 is 0.536 bits per heavy atom. The highest BCUT2D eigenvalue weighted by Crippen LogP contribution is 2.31. The van der Waals surface area contributed by atoms with Gasteiger partial charge < -0.3 is 0 Å². The Labute approximate surface area is 161 Å². The standard InChI is InChI=1S/C25H14O3/c26-23(17-12-5-8-15-7-1-2-9-16(15)17)20-13-6-14-21-22(20)25(28)19-11-4-3-10-18(19)24(21)27/h1-14H. The molecule has 0 saturated carbocycles. The molecular weight excluding hydrogens is 348 g/mol. The van der Waals surface area contributed by atoms with Crippen LogP contribution >= 0.6 is 0 Å². The summed E-state index contributed by atoms with van der Waals surface area (Å²) in [7, 11) is 0. The molecule has 3 heteroatoms. The quantitative estimate of drug-likeness (QED) is 0.422. The average Bonchev–Trinajstić information content (AvgIpc) is 2.76. The van der Waals surface area contributed by atoms with Crippen LogP contribution in [0.25, 0.3) is 10.8 Å². The molecule has 3 nitrogen and oxygen atoms in total. The molecule has 0 heterocycles. The van der Waals surface area contributed by atoms with Crippen molar-refractivity contribution in [2.45, 2.75) is 0 Å². The Hall–Kier alpha value is -3.85. The molecule has 0 saturated heterocycles. The van der Waals surface area contributed by atoms with Crippen molar-refractivity contribution in [2.75, 3.05) is 0 Å². The van der Waals surface area contributed by atoms with E-state index in [4.69, 9.17) is 0 Å². The third kappa shape index (κ3) is 2.26. The van der Waals surface area contributed by atoms with Crippen LogP contribution in [0.4, 0.5) is 0 Å². The van der Waals surface area contributed by atoms with Crippen molar-refractivity contribution in [1.82, 2.24) is 0 Å². The van der Waals surface area contributed by atoms with E-state index in [0.29, 0.717) is 16.7 Å². The first-order chi connectivity index (χ1) is 13.7. The van der Waals surface area contributed by atoms with Crippen molar-refractivity contribution in [3.63, 3.8) is 0 Å². The summed E-state index contributed by atoms with van der Waals surface area (Å²) in [4.78, 5) is 39.5. The SMILES string of the molecule is O=C1c2ccccc2C(=O)c2c1cccc2C(=O)c1cccc2ccccc12. The molecule has 0 atom stereocenters. The van der Waals surface area contributed by atoms with Crippen molar-refractivity contribution in [2.24, 2.45) is 0 Å². The van der Waals surface area contributed by atoms with Crippen LogP contribution < -0.4 is 0 Å². The minimum absolute atomic E-state index is 0.198. The molecule has 1 aliphatic rings. The van der Waals surface area contributed by atoms with Crippen molar-refractivity contribution in [3.8, 4) is 0 Å². The zero-order chi connectivity index (χ0) is 19.3. The fourth-order valence-corrected chi connectivity index (χ4v) is 3.90. The smallest absolute Gasteiger partial charge is 0.195 e. The van der Waals surface area contributed by atoms with Crippen LogP contribution in [-0.4, -0.2) is 17.3 Å². The second-order valence-electron chi connectivity index (χ2n) is 6.79. The third-order valence-corrected chi connectivity index (χ3v) is 5.23. The molecule has 1 aliphatic carbocycles. The fraction of sp³-hybridized carbons (Fsp3) is 0. The molecule has 0 unspecified atom stereocenters. The molecule has 0 amide bonds. The predicted molar refractivity (Wildman–Crippen MR) is 107 cm³/mol. The topological polar surface area (TPSA) is 51.2 Å². The van der Waals surface area contributed by atoms with Crippen molar-refractivity contribution in [1.29, 1.82) is 0 Å². The minimum atomic E-state index is -0.283. The van der Waals surface area contributed by atoms with E-state index in [1.165, 1.54) is 0 Å².